The van der Waals surface area contributed by atoms with Gasteiger partial charge in [-0.2, -0.15) is 0 Å². The van der Waals surface area contributed by atoms with Gasteiger partial charge in [-0.3, -0.25) is 4.79 Å². The van der Waals surface area contributed by atoms with Crippen LogP contribution in [0.3, 0.4) is 0 Å². The second-order valence-electron chi connectivity index (χ2n) is 6.47. The SMILES string of the molecule is CC1=C[C@H]2OC(=O)[C@H](C)[C@@H]2CC[C@]2(C)O[C@@H]2C[C@@H]1O. The molecule has 106 valence electrons. The molecule has 2 saturated heterocycles. The first-order chi connectivity index (χ1) is 8.90. The summed E-state index contributed by atoms with van der Waals surface area (Å²) in [5.74, 6) is 0.0204. The highest BCUT2D eigenvalue weighted by atomic mass is 16.6. The first-order valence-electron chi connectivity index (χ1n) is 7.15. The maximum atomic E-state index is 11.8. The minimum Gasteiger partial charge on any atom is -0.458 e. The number of aliphatic hydroxyl groups is 1. The van der Waals surface area contributed by atoms with Crippen molar-refractivity contribution in [2.45, 2.75) is 63.9 Å². The van der Waals surface area contributed by atoms with Crippen LogP contribution in [0.25, 0.3) is 0 Å². The van der Waals surface area contributed by atoms with E-state index in [1.54, 1.807) is 0 Å². The van der Waals surface area contributed by atoms with E-state index in [1.165, 1.54) is 0 Å². The number of carbonyl (C=O) groups excluding carboxylic acids is 1. The van der Waals surface area contributed by atoms with Crippen molar-refractivity contribution in [3.05, 3.63) is 11.6 Å². The van der Waals surface area contributed by atoms with Crippen molar-refractivity contribution >= 4 is 5.97 Å². The molecule has 0 radical (unpaired) electrons. The van der Waals surface area contributed by atoms with Crippen LogP contribution in [-0.2, 0) is 14.3 Å². The van der Waals surface area contributed by atoms with Gasteiger partial charge in [0.25, 0.3) is 0 Å². The Bertz CT molecular complexity index is 430. The van der Waals surface area contributed by atoms with Gasteiger partial charge in [0.15, 0.2) is 0 Å². The predicted molar refractivity (Wildman–Crippen MR) is 69.4 cm³/mol. The van der Waals surface area contributed by atoms with Gasteiger partial charge >= 0.3 is 5.97 Å². The molecule has 2 fully saturated rings. The Kier molecular flexibility index (Phi) is 2.98. The van der Waals surface area contributed by atoms with Crippen LogP contribution >= 0.6 is 0 Å². The average molecular weight is 266 g/mol. The van der Waals surface area contributed by atoms with Crippen molar-refractivity contribution in [1.82, 2.24) is 0 Å². The summed E-state index contributed by atoms with van der Waals surface area (Å²) in [4.78, 5) is 11.8. The van der Waals surface area contributed by atoms with Gasteiger partial charge < -0.3 is 14.6 Å². The molecule has 0 aromatic carbocycles. The molecule has 0 aromatic rings. The lowest BCUT2D eigenvalue weighted by Crippen LogP contribution is -2.25. The van der Waals surface area contributed by atoms with Gasteiger partial charge in [-0.15, -0.1) is 0 Å². The van der Waals surface area contributed by atoms with Crippen LogP contribution in [0.2, 0.25) is 0 Å². The van der Waals surface area contributed by atoms with E-state index in [4.69, 9.17) is 9.47 Å². The number of epoxide rings is 1. The van der Waals surface area contributed by atoms with E-state index in [2.05, 4.69) is 6.92 Å². The zero-order chi connectivity index (χ0) is 13.8. The molecule has 0 bridgehead atoms. The van der Waals surface area contributed by atoms with Gasteiger partial charge in [0.1, 0.15) is 6.10 Å². The number of hydrogen-bond acceptors (Lipinski definition) is 4. The molecule has 2 aliphatic heterocycles. The number of ether oxygens (including phenoxy) is 2. The molecular formula is C15H22O4. The third kappa shape index (κ3) is 2.21. The van der Waals surface area contributed by atoms with Crippen molar-refractivity contribution in [2.75, 3.05) is 0 Å². The summed E-state index contributed by atoms with van der Waals surface area (Å²) in [6.45, 7) is 5.94. The number of hydrogen-bond donors (Lipinski definition) is 1. The molecule has 1 N–H and O–H groups in total. The summed E-state index contributed by atoms with van der Waals surface area (Å²) >= 11 is 0. The molecule has 0 spiro atoms. The highest BCUT2D eigenvalue weighted by Gasteiger charge is 2.54. The number of esters is 1. The van der Waals surface area contributed by atoms with Crippen LogP contribution in [-0.4, -0.2) is 35.0 Å². The van der Waals surface area contributed by atoms with Crippen LogP contribution in [0.5, 0.6) is 0 Å². The largest absolute Gasteiger partial charge is 0.458 e. The van der Waals surface area contributed by atoms with Crippen LogP contribution in [0, 0.1) is 11.8 Å². The second kappa shape index (κ2) is 4.32. The Labute approximate surface area is 113 Å². The third-order valence-corrected chi connectivity index (χ3v) is 5.09. The van der Waals surface area contributed by atoms with Gasteiger partial charge in [0, 0.05) is 12.3 Å². The zero-order valence-corrected chi connectivity index (χ0v) is 11.8. The van der Waals surface area contributed by atoms with E-state index in [9.17, 15) is 9.90 Å². The van der Waals surface area contributed by atoms with Crippen molar-refractivity contribution in [2.24, 2.45) is 11.8 Å². The fraction of sp³-hybridized carbons (Fsp3) is 0.800. The summed E-state index contributed by atoms with van der Waals surface area (Å²) in [6, 6.07) is 0. The van der Waals surface area contributed by atoms with E-state index in [0.717, 1.165) is 18.4 Å². The Balaban J connectivity index is 1.87. The summed E-state index contributed by atoms with van der Waals surface area (Å²) in [5, 5.41) is 10.2. The molecule has 3 aliphatic rings. The number of rotatable bonds is 0. The predicted octanol–water partition coefficient (Wildman–Crippen LogP) is 1.81. The summed E-state index contributed by atoms with van der Waals surface area (Å²) in [6.07, 6.45) is 3.90. The van der Waals surface area contributed by atoms with E-state index in [1.807, 2.05) is 19.9 Å². The fourth-order valence-corrected chi connectivity index (χ4v) is 3.38. The Morgan fingerprint density at radius 3 is 2.95 bits per heavy atom. The molecule has 4 nitrogen and oxygen atoms in total. The van der Waals surface area contributed by atoms with E-state index >= 15 is 0 Å². The highest BCUT2D eigenvalue weighted by molar-refractivity contribution is 5.75. The first kappa shape index (κ1) is 13.1. The molecule has 0 saturated carbocycles. The lowest BCUT2D eigenvalue weighted by Gasteiger charge is -2.21. The molecule has 4 heteroatoms. The van der Waals surface area contributed by atoms with Gasteiger partial charge in [0.05, 0.1) is 23.7 Å². The van der Waals surface area contributed by atoms with Crippen LogP contribution in [0.15, 0.2) is 11.6 Å². The highest BCUT2D eigenvalue weighted by Crippen LogP contribution is 2.47. The summed E-state index contributed by atoms with van der Waals surface area (Å²) in [7, 11) is 0. The zero-order valence-electron chi connectivity index (χ0n) is 11.8. The minimum atomic E-state index is -0.500. The molecular weight excluding hydrogens is 244 g/mol. The molecule has 19 heavy (non-hydrogen) atoms. The average Bonchev–Trinajstić information content (AvgIpc) is 2.89. The van der Waals surface area contributed by atoms with Crippen molar-refractivity contribution in [3.63, 3.8) is 0 Å². The minimum absolute atomic E-state index is 0.0635. The molecule has 0 amide bonds. The van der Waals surface area contributed by atoms with Crippen molar-refractivity contribution in [1.29, 1.82) is 0 Å². The number of aliphatic hydroxyl groups excluding tert-OH is 1. The molecule has 1 aliphatic carbocycles. The van der Waals surface area contributed by atoms with Crippen molar-refractivity contribution in [3.8, 4) is 0 Å². The lowest BCUT2D eigenvalue weighted by molar-refractivity contribution is -0.142. The second-order valence-corrected chi connectivity index (χ2v) is 6.47. The quantitative estimate of drug-likeness (QED) is 0.413. The Morgan fingerprint density at radius 2 is 2.21 bits per heavy atom. The molecule has 0 aromatic heterocycles. The Hall–Kier alpha value is -0.870. The van der Waals surface area contributed by atoms with Gasteiger partial charge in [-0.25, -0.2) is 0 Å². The molecule has 6 atom stereocenters. The molecule has 2 heterocycles. The third-order valence-electron chi connectivity index (χ3n) is 5.09. The van der Waals surface area contributed by atoms with Gasteiger partial charge in [0.2, 0.25) is 0 Å². The van der Waals surface area contributed by atoms with Gasteiger partial charge in [-0.05, 0) is 38.3 Å². The topological polar surface area (TPSA) is 59.1 Å². The first-order valence-corrected chi connectivity index (χ1v) is 7.15. The normalized spacial score (nSPS) is 49.8. The Morgan fingerprint density at radius 1 is 1.47 bits per heavy atom. The van der Waals surface area contributed by atoms with Gasteiger partial charge in [-0.1, -0.05) is 6.92 Å². The monoisotopic (exact) mass is 266 g/mol. The molecule has 3 rings (SSSR count). The maximum Gasteiger partial charge on any atom is 0.309 e. The van der Waals surface area contributed by atoms with E-state index in [0.29, 0.717) is 6.42 Å². The van der Waals surface area contributed by atoms with Crippen LogP contribution in [0.1, 0.15) is 40.0 Å². The smallest absolute Gasteiger partial charge is 0.309 e. The summed E-state index contributed by atoms with van der Waals surface area (Å²) < 4.78 is 11.2. The van der Waals surface area contributed by atoms with E-state index < -0.39 is 6.10 Å². The lowest BCUT2D eigenvalue weighted by atomic mass is 9.82. The summed E-state index contributed by atoms with van der Waals surface area (Å²) in [5.41, 5.74) is 0.769. The van der Waals surface area contributed by atoms with E-state index in [-0.39, 0.29) is 35.6 Å². The fourth-order valence-electron chi connectivity index (χ4n) is 3.38. The number of fused-ring (bicyclic) bond motifs is 2. The molecule has 0 unspecified atom stereocenters. The number of carbonyl (C=O) groups is 1. The van der Waals surface area contributed by atoms with Crippen LogP contribution in [0.4, 0.5) is 0 Å². The maximum absolute atomic E-state index is 11.8. The standard InChI is InChI=1S/C15H22O4/c1-8-6-12-10(9(2)14(17)18-12)4-5-15(3)13(19-15)7-11(8)16/h6,9-13,16H,4-5,7H2,1-3H3/t9-,10+,11+,12-,13-,15+/m1/s1. The van der Waals surface area contributed by atoms with Crippen molar-refractivity contribution < 1.29 is 19.4 Å². The van der Waals surface area contributed by atoms with Crippen LogP contribution < -0.4 is 0 Å².